The molecule has 1 atom stereocenters. The van der Waals surface area contributed by atoms with Gasteiger partial charge in [0.05, 0.1) is 12.6 Å². The summed E-state index contributed by atoms with van der Waals surface area (Å²) in [4.78, 5) is 12.1. The van der Waals surface area contributed by atoms with Gasteiger partial charge in [-0.3, -0.25) is 0 Å². The number of hydrogen-bond donors (Lipinski definition) is 2. The number of hydrogen-bond acceptors (Lipinski definition) is 4. The molecule has 90 valence electrons. The van der Waals surface area contributed by atoms with E-state index in [1.807, 2.05) is 0 Å². The molecule has 0 spiro atoms. The highest BCUT2D eigenvalue weighted by molar-refractivity contribution is 5.64. The van der Waals surface area contributed by atoms with Gasteiger partial charge in [-0.15, -0.1) is 0 Å². The Bertz CT molecular complexity index is 200. The van der Waals surface area contributed by atoms with Crippen LogP contribution in [0.15, 0.2) is 0 Å². The molecule has 5 nitrogen and oxygen atoms in total. The minimum atomic E-state index is -1.29. The first kappa shape index (κ1) is 14.2. The van der Waals surface area contributed by atoms with Crippen LogP contribution in [0.1, 0.15) is 33.6 Å². The average Bonchev–Trinajstić information content (AvgIpc) is 2.08. The molecule has 0 aliphatic carbocycles. The number of rotatable bonds is 5. The summed E-state index contributed by atoms with van der Waals surface area (Å²) in [5.74, 6) is 0. The first-order valence-electron chi connectivity index (χ1n) is 5.06. The lowest BCUT2D eigenvalue weighted by Gasteiger charge is -2.43. The molecular weight excluding hydrogens is 198 g/mol. The summed E-state index contributed by atoms with van der Waals surface area (Å²) in [6, 6.07) is -0.512. The molecule has 0 saturated heterocycles. The minimum absolute atomic E-state index is 0.0124. The summed E-state index contributed by atoms with van der Waals surface area (Å²) in [6.07, 6.45) is -0.400. The van der Waals surface area contributed by atoms with Crippen LogP contribution in [0.5, 0.6) is 0 Å². The second-order valence-corrected chi connectivity index (χ2v) is 4.51. The van der Waals surface area contributed by atoms with Crippen molar-refractivity contribution < 1.29 is 20.1 Å². The van der Waals surface area contributed by atoms with Crippen LogP contribution in [0.2, 0.25) is 0 Å². The van der Waals surface area contributed by atoms with Gasteiger partial charge in [-0.2, -0.15) is 0 Å². The van der Waals surface area contributed by atoms with Gasteiger partial charge in [-0.25, -0.2) is 0 Å². The third kappa shape index (κ3) is 4.48. The number of carbonyl (C=O) groups is 1. The van der Waals surface area contributed by atoms with Gasteiger partial charge < -0.3 is 25.0 Å². The predicted molar refractivity (Wildman–Crippen MR) is 54.2 cm³/mol. The van der Waals surface area contributed by atoms with E-state index in [0.29, 0.717) is 12.8 Å². The maximum absolute atomic E-state index is 11.0. The van der Waals surface area contributed by atoms with Crippen LogP contribution in [-0.4, -0.2) is 46.0 Å². The lowest BCUT2D eigenvalue weighted by molar-refractivity contribution is -0.274. The molecule has 0 saturated carbocycles. The van der Waals surface area contributed by atoms with Gasteiger partial charge in [-0.05, 0) is 33.6 Å². The van der Waals surface area contributed by atoms with Gasteiger partial charge in [0.15, 0.2) is 0 Å². The van der Waals surface area contributed by atoms with E-state index in [1.54, 1.807) is 20.8 Å². The second-order valence-electron chi connectivity index (χ2n) is 4.51. The Balaban J connectivity index is 4.64. The smallest absolute Gasteiger partial charge is 0.137 e. The first-order valence-corrected chi connectivity index (χ1v) is 5.06. The molecular formula is C10H20NO4-. The zero-order valence-electron chi connectivity index (χ0n) is 9.56. The van der Waals surface area contributed by atoms with Gasteiger partial charge in [0.1, 0.15) is 6.09 Å². The normalized spacial score (nSPS) is 13.7. The molecule has 0 heterocycles. The maximum Gasteiger partial charge on any atom is 0.137 e. The zero-order chi connectivity index (χ0) is 12.1. The molecule has 15 heavy (non-hydrogen) atoms. The average molecular weight is 218 g/mol. The van der Waals surface area contributed by atoms with E-state index in [2.05, 4.69) is 0 Å². The lowest BCUT2D eigenvalue weighted by Crippen LogP contribution is -2.57. The molecule has 0 aromatic heterocycles. The molecule has 5 heteroatoms. The monoisotopic (exact) mass is 218 g/mol. The minimum Gasteiger partial charge on any atom is -0.530 e. The Labute approximate surface area is 90.3 Å². The van der Waals surface area contributed by atoms with E-state index in [1.165, 1.54) is 0 Å². The van der Waals surface area contributed by atoms with Gasteiger partial charge in [0, 0.05) is 12.1 Å². The molecule has 0 aromatic carbocycles. The zero-order valence-corrected chi connectivity index (χ0v) is 9.56. The molecule has 0 aliphatic heterocycles. The van der Waals surface area contributed by atoms with Crippen LogP contribution in [0.25, 0.3) is 0 Å². The molecule has 0 radical (unpaired) electrons. The quantitative estimate of drug-likeness (QED) is 0.655. The molecule has 0 aromatic rings. The van der Waals surface area contributed by atoms with Gasteiger partial charge >= 0.3 is 0 Å². The Kier molecular flexibility index (Phi) is 5.60. The summed E-state index contributed by atoms with van der Waals surface area (Å²) in [5.41, 5.74) is -0.609. The van der Waals surface area contributed by atoms with Crippen molar-refractivity contribution >= 4 is 6.09 Å². The third-order valence-corrected chi connectivity index (χ3v) is 2.19. The Morgan fingerprint density at radius 3 is 2.20 bits per heavy atom. The van der Waals surface area contributed by atoms with Gasteiger partial charge in [-0.1, -0.05) is 0 Å². The number of carboxylic acid groups (broad SMARTS) is 1. The van der Waals surface area contributed by atoms with E-state index in [4.69, 9.17) is 10.2 Å². The Hall–Kier alpha value is -0.810. The highest BCUT2D eigenvalue weighted by Gasteiger charge is 2.27. The van der Waals surface area contributed by atoms with Crippen molar-refractivity contribution in [3.63, 3.8) is 0 Å². The van der Waals surface area contributed by atoms with Crippen molar-refractivity contribution in [1.82, 2.24) is 4.90 Å². The van der Waals surface area contributed by atoms with Crippen LogP contribution in [0, 0.1) is 0 Å². The standard InChI is InChI=1S/C10H21NO4/c1-10(2,3)11(9(14)15)8(7-13)5-4-6-12/h8,12-13H,4-7H2,1-3H3,(H,14,15)/p-1/t8-/m0/s1. The molecule has 0 bridgehead atoms. The molecule has 0 rings (SSSR count). The number of carbonyl (C=O) groups excluding carboxylic acids is 1. The third-order valence-electron chi connectivity index (χ3n) is 2.19. The van der Waals surface area contributed by atoms with E-state index in [0.717, 1.165) is 4.90 Å². The fourth-order valence-corrected chi connectivity index (χ4v) is 1.60. The van der Waals surface area contributed by atoms with Crippen molar-refractivity contribution in [2.24, 2.45) is 0 Å². The highest BCUT2D eigenvalue weighted by Crippen LogP contribution is 2.19. The first-order chi connectivity index (χ1) is 6.84. The fourth-order valence-electron chi connectivity index (χ4n) is 1.60. The van der Waals surface area contributed by atoms with Crippen molar-refractivity contribution in [1.29, 1.82) is 0 Å². The van der Waals surface area contributed by atoms with Crippen LogP contribution in [-0.2, 0) is 0 Å². The number of amides is 1. The maximum atomic E-state index is 11.0. The predicted octanol–water partition coefficient (Wildman–Crippen LogP) is -0.436. The largest absolute Gasteiger partial charge is 0.530 e. The van der Waals surface area contributed by atoms with Crippen LogP contribution >= 0.6 is 0 Å². The molecule has 0 fully saturated rings. The summed E-state index contributed by atoms with van der Waals surface area (Å²) < 4.78 is 0. The molecule has 0 aliphatic rings. The fraction of sp³-hybridized carbons (Fsp3) is 0.900. The summed E-state index contributed by atoms with van der Waals surface area (Å²) in [6.45, 7) is 4.95. The molecule has 2 N–H and O–H groups in total. The Morgan fingerprint density at radius 1 is 1.40 bits per heavy atom. The second kappa shape index (κ2) is 5.92. The number of nitrogens with zero attached hydrogens (tertiary/aromatic N) is 1. The van der Waals surface area contributed by atoms with Crippen molar-refractivity contribution in [2.75, 3.05) is 13.2 Å². The number of aliphatic hydroxyl groups excluding tert-OH is 2. The van der Waals surface area contributed by atoms with Crippen LogP contribution in [0.3, 0.4) is 0 Å². The van der Waals surface area contributed by atoms with E-state index >= 15 is 0 Å². The Morgan fingerprint density at radius 2 is 1.93 bits per heavy atom. The highest BCUT2D eigenvalue weighted by atomic mass is 16.4. The van der Waals surface area contributed by atoms with E-state index in [9.17, 15) is 9.90 Å². The van der Waals surface area contributed by atoms with Crippen molar-refractivity contribution in [3.05, 3.63) is 0 Å². The van der Waals surface area contributed by atoms with E-state index < -0.39 is 17.7 Å². The van der Waals surface area contributed by atoms with Crippen molar-refractivity contribution in [2.45, 2.75) is 45.2 Å². The topological polar surface area (TPSA) is 83.8 Å². The van der Waals surface area contributed by atoms with Gasteiger partial charge in [0.25, 0.3) is 0 Å². The van der Waals surface area contributed by atoms with Gasteiger partial charge in [0.2, 0.25) is 0 Å². The summed E-state index contributed by atoms with van der Waals surface area (Å²) >= 11 is 0. The number of aliphatic hydroxyl groups is 2. The summed E-state index contributed by atoms with van der Waals surface area (Å²) in [7, 11) is 0. The lowest BCUT2D eigenvalue weighted by atomic mass is 10.0. The van der Waals surface area contributed by atoms with Crippen LogP contribution < -0.4 is 5.11 Å². The van der Waals surface area contributed by atoms with E-state index in [-0.39, 0.29) is 13.2 Å². The summed E-state index contributed by atoms with van der Waals surface area (Å²) in [5, 5.41) is 28.7. The molecule has 0 unspecified atom stereocenters. The van der Waals surface area contributed by atoms with Crippen molar-refractivity contribution in [3.8, 4) is 0 Å². The van der Waals surface area contributed by atoms with Crippen LogP contribution in [0.4, 0.5) is 4.79 Å². The SMILES string of the molecule is CC(C)(C)N(C(=O)[O-])[C@H](CO)CCCO. The molecule has 1 amide bonds.